The second-order valence-corrected chi connectivity index (χ2v) is 9.73. The predicted octanol–water partition coefficient (Wildman–Crippen LogP) is 5.68. The van der Waals surface area contributed by atoms with E-state index in [0.29, 0.717) is 16.7 Å². The van der Waals surface area contributed by atoms with Crippen LogP contribution in [0.25, 0.3) is 0 Å². The van der Waals surface area contributed by atoms with Gasteiger partial charge in [-0.05, 0) is 65.0 Å². The van der Waals surface area contributed by atoms with E-state index in [-0.39, 0.29) is 0 Å². The molecule has 0 bridgehead atoms. The predicted molar refractivity (Wildman–Crippen MR) is 106 cm³/mol. The van der Waals surface area contributed by atoms with E-state index in [1.54, 1.807) is 11.1 Å². The van der Waals surface area contributed by atoms with Gasteiger partial charge in [0.25, 0.3) is 0 Å². The molecule has 0 heterocycles. The Morgan fingerprint density at radius 3 is 2.36 bits per heavy atom. The summed E-state index contributed by atoms with van der Waals surface area (Å²) in [5.74, 6) is 1.51. The molecule has 2 aliphatic carbocycles. The van der Waals surface area contributed by atoms with Crippen LogP contribution in [-0.4, -0.2) is 16.9 Å². The van der Waals surface area contributed by atoms with Crippen molar-refractivity contribution in [1.29, 1.82) is 0 Å². The molecular formula is C21H35O3P. The lowest BCUT2D eigenvalue weighted by Gasteiger charge is -2.54. The molecule has 0 spiro atoms. The average Bonchev–Trinajstić information content (AvgIpc) is 2.54. The first kappa shape index (κ1) is 20.8. The Labute approximate surface area is 154 Å². The molecule has 2 atom stereocenters. The molecule has 142 valence electrons. The van der Waals surface area contributed by atoms with E-state index in [0.717, 1.165) is 5.92 Å². The Kier molecular flexibility index (Phi) is 6.71. The molecule has 25 heavy (non-hydrogen) atoms. The van der Waals surface area contributed by atoms with Crippen LogP contribution in [-0.2, 0) is 16.4 Å². The van der Waals surface area contributed by atoms with Crippen molar-refractivity contribution in [2.24, 2.45) is 11.3 Å². The summed E-state index contributed by atoms with van der Waals surface area (Å²) < 4.78 is 3.93. The first-order chi connectivity index (χ1) is 11.6. The molecule has 1 aromatic carbocycles. The molecule has 0 aliphatic heterocycles. The summed E-state index contributed by atoms with van der Waals surface area (Å²) in [6, 6.07) is 7.36. The fourth-order valence-electron chi connectivity index (χ4n) is 5.19. The third-order valence-electron chi connectivity index (χ3n) is 6.51. The number of rotatable bonds is 2. The van der Waals surface area contributed by atoms with E-state index in [1.165, 1.54) is 44.8 Å². The molecule has 2 aliphatic rings. The molecule has 0 aromatic heterocycles. The van der Waals surface area contributed by atoms with Crippen LogP contribution >= 0.6 is 8.60 Å². The van der Waals surface area contributed by atoms with Crippen LogP contribution in [0.1, 0.15) is 82.9 Å². The molecule has 2 unspecified atom stereocenters. The van der Waals surface area contributed by atoms with E-state index in [9.17, 15) is 0 Å². The zero-order valence-corrected chi connectivity index (χ0v) is 17.6. The van der Waals surface area contributed by atoms with Gasteiger partial charge in [0.15, 0.2) is 0 Å². The average molecular weight is 366 g/mol. The normalized spacial score (nSPS) is 27.4. The van der Waals surface area contributed by atoms with Gasteiger partial charge >= 0.3 is 8.60 Å². The van der Waals surface area contributed by atoms with Crippen LogP contribution in [0.4, 0.5) is 0 Å². The largest absolute Gasteiger partial charge is 0.328 e. The minimum Gasteiger partial charge on any atom is -0.328 e. The molecule has 1 aromatic rings. The van der Waals surface area contributed by atoms with Crippen molar-refractivity contribution in [3.8, 4) is 0 Å². The topological polar surface area (TPSA) is 49.7 Å². The van der Waals surface area contributed by atoms with Gasteiger partial charge in [-0.2, -0.15) is 0 Å². The van der Waals surface area contributed by atoms with Crippen molar-refractivity contribution >= 4 is 8.60 Å². The third-order valence-corrected chi connectivity index (χ3v) is 6.83. The summed E-state index contributed by atoms with van der Waals surface area (Å²) in [7, 11) is -0.870. The summed E-state index contributed by atoms with van der Waals surface area (Å²) in [6.45, 7) is 12.2. The van der Waals surface area contributed by atoms with E-state index in [1.807, 2.05) is 0 Å². The Morgan fingerprint density at radius 2 is 1.80 bits per heavy atom. The van der Waals surface area contributed by atoms with Crippen LogP contribution in [0.5, 0.6) is 0 Å². The molecule has 1 fully saturated rings. The maximum Gasteiger partial charge on any atom is 0.326 e. The molecule has 0 radical (unpaired) electrons. The lowest BCUT2D eigenvalue weighted by molar-refractivity contribution is 0.0407. The van der Waals surface area contributed by atoms with E-state index in [2.05, 4.69) is 57.3 Å². The second-order valence-electron chi connectivity index (χ2n) is 8.86. The van der Waals surface area contributed by atoms with Gasteiger partial charge in [-0.1, -0.05) is 59.2 Å². The van der Waals surface area contributed by atoms with Gasteiger partial charge in [0, 0.05) is 7.11 Å². The van der Waals surface area contributed by atoms with Gasteiger partial charge in [0.1, 0.15) is 0 Å². The van der Waals surface area contributed by atoms with Crippen molar-refractivity contribution in [1.82, 2.24) is 0 Å². The lowest BCUT2D eigenvalue weighted by atomic mass is 9.50. The van der Waals surface area contributed by atoms with Crippen LogP contribution in [0.15, 0.2) is 18.2 Å². The molecule has 3 rings (SSSR count). The molecule has 1 saturated carbocycles. The van der Waals surface area contributed by atoms with Crippen LogP contribution in [0.3, 0.4) is 0 Å². The maximum absolute atomic E-state index is 7.76. The number of benzene rings is 1. The second kappa shape index (κ2) is 8.05. The summed E-state index contributed by atoms with van der Waals surface area (Å²) in [4.78, 5) is 15.5. The zero-order chi connectivity index (χ0) is 18.8. The standard InChI is InChI=1S/C20H30.CH5O3P/c1-14(2)15-7-9-17-16(13-15)8-10-18-19(3,4)11-6-12-20(17,18)5;1-4-5(2)3/h7,9,13-14,18H,6,8,10-12H2,1-5H3;2-3H,1H3. The van der Waals surface area contributed by atoms with E-state index in [4.69, 9.17) is 9.79 Å². The minimum atomic E-state index is -2.10. The van der Waals surface area contributed by atoms with E-state index < -0.39 is 8.60 Å². The maximum atomic E-state index is 7.76. The highest BCUT2D eigenvalue weighted by Gasteiger charge is 2.49. The SMILES string of the molecule is CC(C)c1ccc2c(c1)CCC1C(C)(C)CCCC21C.COP(O)O. The summed E-state index contributed by atoms with van der Waals surface area (Å²) in [5.41, 5.74) is 5.77. The highest BCUT2D eigenvalue weighted by atomic mass is 31.2. The highest BCUT2D eigenvalue weighted by Crippen LogP contribution is 2.57. The minimum absolute atomic E-state index is 0.421. The van der Waals surface area contributed by atoms with Gasteiger partial charge in [0.2, 0.25) is 0 Å². The Hall–Kier alpha value is -0.470. The van der Waals surface area contributed by atoms with E-state index >= 15 is 0 Å². The Bertz CT molecular complexity index is 583. The summed E-state index contributed by atoms with van der Waals surface area (Å²) >= 11 is 0. The lowest BCUT2D eigenvalue weighted by Crippen LogP contribution is -2.47. The third kappa shape index (κ3) is 4.45. The molecule has 3 nitrogen and oxygen atoms in total. The summed E-state index contributed by atoms with van der Waals surface area (Å²) in [5, 5.41) is 0. The molecule has 4 heteroatoms. The smallest absolute Gasteiger partial charge is 0.326 e. The Morgan fingerprint density at radius 1 is 1.16 bits per heavy atom. The van der Waals surface area contributed by atoms with Crippen molar-refractivity contribution in [2.45, 2.75) is 78.1 Å². The van der Waals surface area contributed by atoms with Gasteiger partial charge in [-0.15, -0.1) is 0 Å². The Balaban J connectivity index is 0.000000399. The number of fused-ring (bicyclic) bond motifs is 3. The number of aryl methyl sites for hydroxylation is 1. The molecule has 0 amide bonds. The van der Waals surface area contributed by atoms with Crippen LogP contribution in [0.2, 0.25) is 0 Å². The summed E-state index contributed by atoms with van der Waals surface area (Å²) in [6.07, 6.45) is 6.87. The fourth-order valence-corrected chi connectivity index (χ4v) is 5.19. The monoisotopic (exact) mass is 366 g/mol. The van der Waals surface area contributed by atoms with Gasteiger partial charge in [-0.3, -0.25) is 0 Å². The van der Waals surface area contributed by atoms with Crippen molar-refractivity contribution in [2.75, 3.05) is 7.11 Å². The first-order valence-corrected chi connectivity index (χ1v) is 10.6. The van der Waals surface area contributed by atoms with Crippen LogP contribution < -0.4 is 0 Å². The molecule has 2 N–H and O–H groups in total. The first-order valence-electron chi connectivity index (χ1n) is 9.47. The van der Waals surface area contributed by atoms with Crippen LogP contribution in [0, 0.1) is 11.3 Å². The van der Waals surface area contributed by atoms with Crippen molar-refractivity contribution in [3.63, 3.8) is 0 Å². The van der Waals surface area contributed by atoms with Gasteiger partial charge < -0.3 is 14.3 Å². The molecular weight excluding hydrogens is 331 g/mol. The van der Waals surface area contributed by atoms with Gasteiger partial charge in [-0.25, -0.2) is 0 Å². The highest BCUT2D eigenvalue weighted by molar-refractivity contribution is 7.39. The molecule has 0 saturated heterocycles. The fraction of sp³-hybridized carbons (Fsp3) is 0.714. The zero-order valence-electron chi connectivity index (χ0n) is 16.7. The van der Waals surface area contributed by atoms with Crippen molar-refractivity contribution in [3.05, 3.63) is 34.9 Å². The number of hydrogen-bond acceptors (Lipinski definition) is 3. The van der Waals surface area contributed by atoms with Gasteiger partial charge in [0.05, 0.1) is 0 Å². The number of hydrogen-bond donors (Lipinski definition) is 2. The van der Waals surface area contributed by atoms with Crippen molar-refractivity contribution < 1.29 is 14.3 Å². The quantitative estimate of drug-likeness (QED) is 0.662.